The molecule has 0 saturated heterocycles. The van der Waals surface area contributed by atoms with Gasteiger partial charge >= 0.3 is 5.97 Å². The quantitative estimate of drug-likeness (QED) is 0.260. The van der Waals surface area contributed by atoms with E-state index < -0.39 is 5.97 Å². The molecule has 8 heteroatoms. The number of carboxylic acid groups (broad SMARTS) is 1. The van der Waals surface area contributed by atoms with E-state index in [1.807, 2.05) is 54.4 Å². The molecule has 0 bridgehead atoms. The van der Waals surface area contributed by atoms with Crippen molar-refractivity contribution in [2.45, 2.75) is 0 Å². The lowest BCUT2D eigenvalue weighted by atomic mass is 9.99. The van der Waals surface area contributed by atoms with Gasteiger partial charge in [-0.3, -0.25) is 14.3 Å². The number of imidazole rings is 1. The van der Waals surface area contributed by atoms with Gasteiger partial charge in [-0.15, -0.1) is 0 Å². The van der Waals surface area contributed by atoms with Gasteiger partial charge in [0.15, 0.2) is 0 Å². The topological polar surface area (TPSA) is 88.3 Å². The third kappa shape index (κ3) is 4.85. The number of nitrogens with zero attached hydrogens (tertiary/aromatic N) is 4. The number of hydrogen-bond acceptors (Lipinski definition) is 5. The molecule has 0 unspecified atom stereocenters. The smallest absolute Gasteiger partial charge is 0.336 e. The third-order valence-corrected chi connectivity index (χ3v) is 6.26. The number of carbonyl (C=O) groups excluding carboxylic acids is 1. The summed E-state index contributed by atoms with van der Waals surface area (Å²) in [6, 6.07) is 24.9. The zero-order chi connectivity index (χ0) is 25.9. The molecule has 0 aliphatic heterocycles. The van der Waals surface area contributed by atoms with Crippen LogP contribution in [0.15, 0.2) is 104 Å². The first-order valence-corrected chi connectivity index (χ1v) is 11.8. The van der Waals surface area contributed by atoms with Gasteiger partial charge in [0.2, 0.25) is 5.78 Å². The van der Waals surface area contributed by atoms with E-state index >= 15 is 0 Å². The molecule has 0 aliphatic carbocycles. The highest BCUT2D eigenvalue weighted by Gasteiger charge is 2.20. The Morgan fingerprint density at radius 1 is 0.892 bits per heavy atom. The Balaban J connectivity index is 1.44. The van der Waals surface area contributed by atoms with Crippen molar-refractivity contribution < 1.29 is 14.7 Å². The molecule has 0 saturated carbocycles. The first-order valence-electron chi connectivity index (χ1n) is 11.4. The van der Waals surface area contributed by atoms with Crippen molar-refractivity contribution in [1.82, 2.24) is 14.5 Å². The Labute approximate surface area is 218 Å². The number of aromatic carboxylic acids is 1. The van der Waals surface area contributed by atoms with Crippen molar-refractivity contribution in [3.8, 4) is 17.1 Å². The molecule has 1 N–H and O–H groups in total. The second-order valence-electron chi connectivity index (χ2n) is 8.29. The number of hydrogen-bond donors (Lipinski definition) is 1. The fraction of sp³-hybridized carbons (Fsp3) is 0.0345. The molecule has 0 spiro atoms. The van der Waals surface area contributed by atoms with Crippen LogP contribution in [0.2, 0.25) is 5.02 Å². The fourth-order valence-corrected chi connectivity index (χ4v) is 4.16. The molecule has 3 aromatic carbocycles. The molecule has 0 fully saturated rings. The highest BCUT2D eigenvalue weighted by Crippen LogP contribution is 2.28. The number of anilines is 2. The molecule has 5 rings (SSSR count). The van der Waals surface area contributed by atoms with Crippen LogP contribution in [0.5, 0.6) is 0 Å². The average molecular weight is 509 g/mol. The van der Waals surface area contributed by atoms with Crippen LogP contribution in [-0.2, 0) is 0 Å². The van der Waals surface area contributed by atoms with Crippen molar-refractivity contribution in [2.24, 2.45) is 0 Å². The highest BCUT2D eigenvalue weighted by atomic mass is 35.5. The average Bonchev–Trinajstić information content (AvgIpc) is 3.43. The maximum absolute atomic E-state index is 13.2. The van der Waals surface area contributed by atoms with Gasteiger partial charge in [-0.05, 0) is 60.7 Å². The van der Waals surface area contributed by atoms with Crippen molar-refractivity contribution in [2.75, 3.05) is 11.9 Å². The van der Waals surface area contributed by atoms with Crippen LogP contribution in [-0.4, -0.2) is 38.4 Å². The molecule has 7 nitrogen and oxygen atoms in total. The number of carbonyl (C=O) groups is 2. The molecule has 0 amide bonds. The standard InChI is InChI=1S/C29H21ClN4O3/c1-33(21-10-8-20(30)9-11-21)23-12-14-26(32-18-23)27(35)19-7-13-24(25(17-19)29(36)37)28-31-15-16-34(28)22-5-3-2-4-6-22/h2-18H,1H3,(H,36,37). The van der Waals surface area contributed by atoms with Gasteiger partial charge in [-0.1, -0.05) is 35.9 Å². The Morgan fingerprint density at radius 3 is 2.30 bits per heavy atom. The molecule has 0 radical (unpaired) electrons. The Kier molecular flexibility index (Phi) is 6.53. The third-order valence-electron chi connectivity index (χ3n) is 6.01. The van der Waals surface area contributed by atoms with Crippen molar-refractivity contribution in [1.29, 1.82) is 0 Å². The second-order valence-corrected chi connectivity index (χ2v) is 8.72. The van der Waals surface area contributed by atoms with Crippen molar-refractivity contribution in [3.63, 3.8) is 0 Å². The summed E-state index contributed by atoms with van der Waals surface area (Å²) in [6.07, 6.45) is 4.98. The minimum Gasteiger partial charge on any atom is -0.478 e. The van der Waals surface area contributed by atoms with E-state index in [0.717, 1.165) is 17.1 Å². The summed E-state index contributed by atoms with van der Waals surface area (Å²) in [5.74, 6) is -1.06. The van der Waals surface area contributed by atoms with Crippen molar-refractivity contribution >= 4 is 34.7 Å². The molecule has 0 atom stereocenters. The predicted octanol–water partition coefficient (Wildman–Crippen LogP) is 6.28. The van der Waals surface area contributed by atoms with E-state index in [0.29, 0.717) is 16.4 Å². The van der Waals surface area contributed by atoms with E-state index in [2.05, 4.69) is 9.97 Å². The molecule has 0 aliphatic rings. The first-order chi connectivity index (χ1) is 17.9. The van der Waals surface area contributed by atoms with Crippen LogP contribution >= 0.6 is 11.6 Å². The van der Waals surface area contributed by atoms with Gasteiger partial charge in [0.1, 0.15) is 11.5 Å². The van der Waals surface area contributed by atoms with Gasteiger partial charge in [0, 0.05) is 47.0 Å². The molecule has 37 heavy (non-hydrogen) atoms. The summed E-state index contributed by atoms with van der Waals surface area (Å²) >= 11 is 5.97. The normalized spacial score (nSPS) is 10.8. The van der Waals surface area contributed by atoms with Gasteiger partial charge in [-0.2, -0.15) is 0 Å². The number of carboxylic acids is 1. The second kappa shape index (κ2) is 10.1. The molecule has 182 valence electrons. The summed E-state index contributed by atoms with van der Waals surface area (Å²) in [5, 5.41) is 10.6. The highest BCUT2D eigenvalue weighted by molar-refractivity contribution is 6.30. The molecule has 2 aromatic heterocycles. The van der Waals surface area contributed by atoms with E-state index in [9.17, 15) is 14.7 Å². The maximum Gasteiger partial charge on any atom is 0.336 e. The number of ketones is 1. The van der Waals surface area contributed by atoms with Crippen LogP contribution in [0.4, 0.5) is 11.4 Å². The fourth-order valence-electron chi connectivity index (χ4n) is 4.04. The van der Waals surface area contributed by atoms with E-state index in [-0.39, 0.29) is 22.6 Å². The Hall–Kier alpha value is -4.75. The summed E-state index contributed by atoms with van der Waals surface area (Å²) < 4.78 is 1.81. The number of rotatable bonds is 7. The number of para-hydroxylation sites is 1. The van der Waals surface area contributed by atoms with Gasteiger partial charge < -0.3 is 10.0 Å². The summed E-state index contributed by atoms with van der Waals surface area (Å²) in [6.45, 7) is 0. The van der Waals surface area contributed by atoms with Crippen LogP contribution in [0.3, 0.4) is 0 Å². The zero-order valence-corrected chi connectivity index (χ0v) is 20.5. The minimum absolute atomic E-state index is 0.0201. The molecule has 5 aromatic rings. The minimum atomic E-state index is -1.15. The molecular formula is C29H21ClN4O3. The zero-order valence-electron chi connectivity index (χ0n) is 19.7. The van der Waals surface area contributed by atoms with E-state index in [4.69, 9.17) is 11.6 Å². The van der Waals surface area contributed by atoms with Crippen molar-refractivity contribution in [3.05, 3.63) is 125 Å². The van der Waals surface area contributed by atoms with E-state index in [1.165, 1.54) is 6.07 Å². The van der Waals surface area contributed by atoms with Crippen LogP contribution < -0.4 is 4.90 Å². The first kappa shape index (κ1) is 24.0. The summed E-state index contributed by atoms with van der Waals surface area (Å²) in [4.78, 5) is 36.0. The number of aromatic nitrogens is 3. The lowest BCUT2D eigenvalue weighted by molar-refractivity contribution is 0.0697. The number of benzene rings is 3. The Bertz CT molecular complexity index is 1580. The summed E-state index contributed by atoms with van der Waals surface area (Å²) in [7, 11) is 1.89. The lowest BCUT2D eigenvalue weighted by Gasteiger charge is -2.19. The van der Waals surface area contributed by atoms with Gasteiger partial charge in [0.05, 0.1) is 17.4 Å². The summed E-state index contributed by atoms with van der Waals surface area (Å²) in [5.41, 5.74) is 3.38. The van der Waals surface area contributed by atoms with Crippen LogP contribution in [0.25, 0.3) is 17.1 Å². The van der Waals surface area contributed by atoms with Gasteiger partial charge in [-0.25, -0.2) is 9.78 Å². The van der Waals surface area contributed by atoms with Crippen LogP contribution in [0, 0.1) is 0 Å². The largest absolute Gasteiger partial charge is 0.478 e. The lowest BCUT2D eigenvalue weighted by Crippen LogP contribution is -2.11. The monoisotopic (exact) mass is 508 g/mol. The predicted molar refractivity (Wildman–Crippen MR) is 143 cm³/mol. The van der Waals surface area contributed by atoms with Crippen LogP contribution in [0.1, 0.15) is 26.4 Å². The molecular weight excluding hydrogens is 488 g/mol. The van der Waals surface area contributed by atoms with Gasteiger partial charge in [0.25, 0.3) is 0 Å². The number of pyridine rings is 1. The van der Waals surface area contributed by atoms with E-state index in [1.54, 1.807) is 59.6 Å². The molecule has 2 heterocycles. The Morgan fingerprint density at radius 2 is 1.62 bits per heavy atom. The SMILES string of the molecule is CN(c1ccc(Cl)cc1)c1ccc(C(=O)c2ccc(-c3nccn3-c3ccccc3)c(C(=O)O)c2)nc1. The maximum atomic E-state index is 13.2. The number of halogens is 1.